The quantitative estimate of drug-likeness (QED) is 0.699. The van der Waals surface area contributed by atoms with E-state index >= 15 is 0 Å². The maximum absolute atomic E-state index is 13.3. The van der Waals surface area contributed by atoms with E-state index in [2.05, 4.69) is 5.10 Å². The van der Waals surface area contributed by atoms with E-state index < -0.39 is 11.6 Å². The highest BCUT2D eigenvalue weighted by Crippen LogP contribution is 2.18. The highest BCUT2D eigenvalue weighted by molar-refractivity contribution is 5.58. The van der Waals surface area contributed by atoms with Crippen LogP contribution < -0.4 is 5.56 Å². The lowest BCUT2D eigenvalue weighted by atomic mass is 10.1. The van der Waals surface area contributed by atoms with Gasteiger partial charge in [0.25, 0.3) is 5.56 Å². The molecule has 1 aromatic heterocycles. The summed E-state index contributed by atoms with van der Waals surface area (Å²) in [6.07, 6.45) is 0. The summed E-state index contributed by atoms with van der Waals surface area (Å²) in [6.45, 7) is 6.26. The van der Waals surface area contributed by atoms with E-state index in [0.29, 0.717) is 17.8 Å². The first-order valence-corrected chi connectivity index (χ1v) is 8.11. The Hall–Kier alpha value is -2.82. The van der Waals surface area contributed by atoms with E-state index in [-0.39, 0.29) is 5.56 Å². The van der Waals surface area contributed by atoms with Gasteiger partial charge in [0, 0.05) is 17.7 Å². The van der Waals surface area contributed by atoms with Gasteiger partial charge in [-0.25, -0.2) is 13.5 Å². The SMILES string of the molecule is CC.Cc1cccc(Cn2nc(-c3cc(F)cc(F)c3)ccc2=O)c1. The normalized spacial score (nSPS) is 10.1. The molecule has 0 aliphatic carbocycles. The molecule has 25 heavy (non-hydrogen) atoms. The van der Waals surface area contributed by atoms with Crippen molar-refractivity contribution in [3.63, 3.8) is 0 Å². The fourth-order valence-corrected chi connectivity index (χ4v) is 2.40. The van der Waals surface area contributed by atoms with Crippen LogP contribution in [0.1, 0.15) is 25.0 Å². The number of nitrogens with zero attached hydrogens (tertiary/aromatic N) is 2. The second kappa shape index (κ2) is 8.33. The molecule has 0 amide bonds. The van der Waals surface area contributed by atoms with Crippen molar-refractivity contribution >= 4 is 0 Å². The number of aryl methyl sites for hydroxylation is 1. The topological polar surface area (TPSA) is 34.9 Å². The van der Waals surface area contributed by atoms with E-state index in [9.17, 15) is 13.6 Å². The van der Waals surface area contributed by atoms with Crippen molar-refractivity contribution in [2.75, 3.05) is 0 Å². The van der Waals surface area contributed by atoms with Crippen molar-refractivity contribution < 1.29 is 8.78 Å². The molecule has 3 aromatic rings. The van der Waals surface area contributed by atoms with Gasteiger partial charge >= 0.3 is 0 Å². The minimum atomic E-state index is -0.682. The third-order valence-electron chi connectivity index (χ3n) is 3.44. The number of hydrogen-bond acceptors (Lipinski definition) is 2. The summed E-state index contributed by atoms with van der Waals surface area (Å²) >= 11 is 0. The van der Waals surface area contributed by atoms with Crippen LogP contribution in [0.25, 0.3) is 11.3 Å². The molecule has 0 spiro atoms. The van der Waals surface area contributed by atoms with E-state index in [1.165, 1.54) is 28.9 Å². The number of hydrogen-bond donors (Lipinski definition) is 0. The molecular weight excluding hydrogens is 322 g/mol. The molecule has 3 rings (SSSR count). The molecule has 0 aliphatic rings. The fraction of sp³-hybridized carbons (Fsp3) is 0.200. The van der Waals surface area contributed by atoms with Crippen molar-refractivity contribution in [2.45, 2.75) is 27.3 Å². The maximum atomic E-state index is 13.3. The summed E-state index contributed by atoms with van der Waals surface area (Å²) in [4.78, 5) is 12.0. The molecule has 0 atom stereocenters. The Labute approximate surface area is 145 Å². The standard InChI is InChI=1S/C18H14F2N2O.C2H6/c1-12-3-2-4-13(7-12)11-22-18(23)6-5-17(21-22)14-8-15(19)10-16(20)9-14;1-2/h2-10H,11H2,1H3;1-2H3. The Morgan fingerprint density at radius 1 is 0.960 bits per heavy atom. The monoisotopic (exact) mass is 342 g/mol. The Morgan fingerprint density at radius 2 is 1.64 bits per heavy atom. The summed E-state index contributed by atoms with van der Waals surface area (Å²) in [7, 11) is 0. The van der Waals surface area contributed by atoms with E-state index in [1.54, 1.807) is 0 Å². The number of aromatic nitrogens is 2. The molecule has 0 saturated carbocycles. The zero-order chi connectivity index (χ0) is 18.4. The molecule has 0 bridgehead atoms. The molecular formula is C20H20F2N2O. The van der Waals surface area contributed by atoms with Crippen LogP contribution in [0.4, 0.5) is 8.78 Å². The Balaban J connectivity index is 0.00000109. The van der Waals surface area contributed by atoms with Crippen molar-refractivity contribution in [3.8, 4) is 11.3 Å². The molecule has 0 aliphatic heterocycles. The molecule has 1 heterocycles. The van der Waals surface area contributed by atoms with Crippen LogP contribution in [0.5, 0.6) is 0 Å². The predicted octanol–water partition coefficient (Wildman–Crippen LogP) is 4.57. The Kier molecular flexibility index (Phi) is 6.17. The van der Waals surface area contributed by atoms with Gasteiger partial charge in [0.05, 0.1) is 12.2 Å². The third-order valence-corrected chi connectivity index (χ3v) is 3.44. The van der Waals surface area contributed by atoms with Crippen LogP contribution in [0.3, 0.4) is 0 Å². The molecule has 0 N–H and O–H groups in total. The third kappa shape index (κ3) is 4.83. The van der Waals surface area contributed by atoms with E-state index in [4.69, 9.17) is 0 Å². The van der Waals surface area contributed by atoms with Crippen LogP contribution in [0, 0.1) is 18.6 Å². The van der Waals surface area contributed by atoms with Gasteiger partial charge in [0.15, 0.2) is 0 Å². The van der Waals surface area contributed by atoms with Crippen molar-refractivity contribution in [3.05, 3.63) is 87.7 Å². The molecule has 2 aromatic carbocycles. The molecule has 3 nitrogen and oxygen atoms in total. The highest BCUT2D eigenvalue weighted by Gasteiger charge is 2.07. The summed E-state index contributed by atoms with van der Waals surface area (Å²) in [5.41, 5.74) is 2.38. The van der Waals surface area contributed by atoms with Crippen LogP contribution in [0.15, 0.2) is 59.4 Å². The average molecular weight is 342 g/mol. The zero-order valence-electron chi connectivity index (χ0n) is 14.5. The molecule has 0 saturated heterocycles. The molecule has 5 heteroatoms. The van der Waals surface area contributed by atoms with Crippen molar-refractivity contribution in [1.82, 2.24) is 9.78 Å². The first-order valence-electron chi connectivity index (χ1n) is 8.11. The molecule has 130 valence electrons. The minimum Gasteiger partial charge on any atom is -0.268 e. The van der Waals surface area contributed by atoms with Crippen LogP contribution >= 0.6 is 0 Å². The van der Waals surface area contributed by atoms with Gasteiger partial charge in [-0.15, -0.1) is 0 Å². The highest BCUT2D eigenvalue weighted by atomic mass is 19.1. The minimum absolute atomic E-state index is 0.271. The first-order chi connectivity index (χ1) is 12.0. The lowest BCUT2D eigenvalue weighted by Gasteiger charge is -2.08. The van der Waals surface area contributed by atoms with E-state index in [1.807, 2.05) is 45.0 Å². The molecule has 0 unspecified atom stereocenters. The number of benzene rings is 2. The fourth-order valence-electron chi connectivity index (χ4n) is 2.40. The summed E-state index contributed by atoms with van der Waals surface area (Å²) < 4.78 is 28.0. The van der Waals surface area contributed by atoms with Gasteiger partial charge in [-0.1, -0.05) is 43.7 Å². The Morgan fingerprint density at radius 3 is 2.28 bits per heavy atom. The zero-order valence-corrected chi connectivity index (χ0v) is 14.5. The number of rotatable bonds is 3. The average Bonchev–Trinajstić information content (AvgIpc) is 2.58. The van der Waals surface area contributed by atoms with Gasteiger partial charge in [-0.2, -0.15) is 5.10 Å². The number of halogens is 2. The maximum Gasteiger partial charge on any atom is 0.267 e. The largest absolute Gasteiger partial charge is 0.268 e. The molecule has 0 radical (unpaired) electrons. The predicted molar refractivity (Wildman–Crippen MR) is 95.5 cm³/mol. The first kappa shape index (κ1) is 18.5. The van der Waals surface area contributed by atoms with Crippen molar-refractivity contribution in [2.24, 2.45) is 0 Å². The van der Waals surface area contributed by atoms with Gasteiger partial charge in [0.1, 0.15) is 11.6 Å². The summed E-state index contributed by atoms with van der Waals surface area (Å²) in [5.74, 6) is -1.36. The molecule has 0 fully saturated rings. The van der Waals surface area contributed by atoms with E-state index in [0.717, 1.165) is 17.2 Å². The van der Waals surface area contributed by atoms with Gasteiger partial charge in [-0.3, -0.25) is 4.79 Å². The van der Waals surface area contributed by atoms with Crippen molar-refractivity contribution in [1.29, 1.82) is 0 Å². The van der Waals surface area contributed by atoms with Crippen LogP contribution in [-0.4, -0.2) is 9.78 Å². The van der Waals surface area contributed by atoms with Crippen LogP contribution in [0.2, 0.25) is 0 Å². The summed E-state index contributed by atoms with van der Waals surface area (Å²) in [6, 6.07) is 13.7. The smallest absolute Gasteiger partial charge is 0.267 e. The second-order valence-electron chi connectivity index (χ2n) is 5.36. The lowest BCUT2D eigenvalue weighted by molar-refractivity contribution is 0.583. The van der Waals surface area contributed by atoms with Gasteiger partial charge in [0.2, 0.25) is 0 Å². The van der Waals surface area contributed by atoms with Gasteiger partial charge < -0.3 is 0 Å². The lowest BCUT2D eigenvalue weighted by Crippen LogP contribution is -2.22. The van der Waals surface area contributed by atoms with Gasteiger partial charge in [-0.05, 0) is 30.7 Å². The summed E-state index contributed by atoms with van der Waals surface area (Å²) in [5, 5.41) is 4.22. The van der Waals surface area contributed by atoms with Crippen LogP contribution in [-0.2, 0) is 6.54 Å². The Bertz CT molecular complexity index is 899. The second-order valence-corrected chi connectivity index (χ2v) is 5.36.